The number of anilines is 1. The van der Waals surface area contributed by atoms with E-state index in [1.54, 1.807) is 12.4 Å². The number of nitrogens with one attached hydrogen (secondary N) is 1. The van der Waals surface area contributed by atoms with Gasteiger partial charge in [0, 0.05) is 58.6 Å². The quantitative estimate of drug-likeness (QED) is 0.353. The van der Waals surface area contributed by atoms with Gasteiger partial charge < -0.3 is 9.47 Å². The van der Waals surface area contributed by atoms with Gasteiger partial charge in [0.25, 0.3) is 5.91 Å². The van der Waals surface area contributed by atoms with Crippen molar-refractivity contribution in [3.8, 4) is 5.69 Å². The van der Waals surface area contributed by atoms with Crippen molar-refractivity contribution in [3.05, 3.63) is 89.4 Å². The van der Waals surface area contributed by atoms with Gasteiger partial charge >= 0.3 is 0 Å². The number of hydrazone groups is 1. The normalized spacial score (nSPS) is 13.8. The number of hydrogen-bond donors (Lipinski definition) is 1. The predicted octanol–water partition coefficient (Wildman–Crippen LogP) is 5.01. The Kier molecular flexibility index (Phi) is 5.65. The Morgan fingerprint density at radius 2 is 1.76 bits per heavy atom. The number of hydrogen-bond acceptors (Lipinski definition) is 4. The second kappa shape index (κ2) is 8.90. The van der Waals surface area contributed by atoms with E-state index in [4.69, 9.17) is 0 Å². The summed E-state index contributed by atoms with van der Waals surface area (Å²) in [6, 6.07) is 20.1. The van der Waals surface area contributed by atoms with E-state index in [1.165, 1.54) is 18.5 Å². The molecule has 5 rings (SSSR count). The summed E-state index contributed by atoms with van der Waals surface area (Å²) < 4.78 is 2.19. The number of pyridine rings is 1. The molecule has 1 aliphatic heterocycles. The van der Waals surface area contributed by atoms with Crippen molar-refractivity contribution in [3.63, 3.8) is 0 Å². The third kappa shape index (κ3) is 4.24. The summed E-state index contributed by atoms with van der Waals surface area (Å²) in [7, 11) is 0. The van der Waals surface area contributed by atoms with Gasteiger partial charge in [-0.05, 0) is 81.3 Å². The molecule has 2 aromatic carbocycles. The SMILES string of the molecule is Cc1cc(/C=N\NC(=O)c2ccc(N3CCCC3)cc2)c(C)n1-c1ccc2ncccc2c1. The van der Waals surface area contributed by atoms with E-state index >= 15 is 0 Å². The molecule has 1 amide bonds. The Balaban J connectivity index is 1.30. The summed E-state index contributed by atoms with van der Waals surface area (Å²) >= 11 is 0. The van der Waals surface area contributed by atoms with Crippen LogP contribution in [0.5, 0.6) is 0 Å². The topological polar surface area (TPSA) is 62.5 Å². The molecule has 1 N–H and O–H groups in total. The Hall–Kier alpha value is -3.93. The van der Waals surface area contributed by atoms with Crippen molar-refractivity contribution in [1.29, 1.82) is 0 Å². The van der Waals surface area contributed by atoms with Gasteiger partial charge in [0.15, 0.2) is 0 Å². The molecule has 6 nitrogen and oxygen atoms in total. The summed E-state index contributed by atoms with van der Waals surface area (Å²) in [5.41, 5.74) is 9.60. The number of nitrogens with zero attached hydrogens (tertiary/aromatic N) is 4. The molecule has 0 unspecified atom stereocenters. The lowest BCUT2D eigenvalue weighted by atomic mass is 10.2. The summed E-state index contributed by atoms with van der Waals surface area (Å²) in [4.78, 5) is 19.3. The lowest BCUT2D eigenvalue weighted by Crippen LogP contribution is -2.19. The fourth-order valence-electron chi connectivity index (χ4n) is 4.54. The lowest BCUT2D eigenvalue weighted by Gasteiger charge is -2.17. The first-order valence-corrected chi connectivity index (χ1v) is 11.3. The van der Waals surface area contributed by atoms with E-state index in [-0.39, 0.29) is 5.91 Å². The van der Waals surface area contributed by atoms with Gasteiger partial charge in [0.05, 0.1) is 11.7 Å². The molecule has 1 saturated heterocycles. The van der Waals surface area contributed by atoms with Crippen LogP contribution in [0.3, 0.4) is 0 Å². The van der Waals surface area contributed by atoms with E-state index in [0.717, 1.165) is 46.6 Å². The average Bonchev–Trinajstić information content (AvgIpc) is 3.47. The van der Waals surface area contributed by atoms with Gasteiger partial charge in [-0.1, -0.05) is 6.07 Å². The minimum Gasteiger partial charge on any atom is -0.372 e. The van der Waals surface area contributed by atoms with Crippen LogP contribution in [-0.4, -0.2) is 34.8 Å². The van der Waals surface area contributed by atoms with E-state index < -0.39 is 0 Å². The zero-order chi connectivity index (χ0) is 22.8. The molecule has 4 aromatic rings. The number of fused-ring (bicyclic) bond motifs is 1. The van der Waals surface area contributed by atoms with Crippen LogP contribution in [0.4, 0.5) is 5.69 Å². The largest absolute Gasteiger partial charge is 0.372 e. The second-order valence-electron chi connectivity index (χ2n) is 8.48. The molecule has 6 heteroatoms. The molecular formula is C27H27N5O. The summed E-state index contributed by atoms with van der Waals surface area (Å²) in [6.45, 7) is 6.30. The molecular weight excluding hydrogens is 410 g/mol. The van der Waals surface area contributed by atoms with Gasteiger partial charge in [-0.2, -0.15) is 5.10 Å². The maximum absolute atomic E-state index is 12.5. The molecule has 0 bridgehead atoms. The monoisotopic (exact) mass is 437 g/mol. The first-order chi connectivity index (χ1) is 16.1. The zero-order valence-electron chi connectivity index (χ0n) is 19.0. The van der Waals surface area contributed by atoms with E-state index in [2.05, 4.69) is 63.1 Å². The minimum absolute atomic E-state index is 0.213. The molecule has 0 atom stereocenters. The highest BCUT2D eigenvalue weighted by molar-refractivity contribution is 5.95. The van der Waals surface area contributed by atoms with Crippen LogP contribution in [0, 0.1) is 13.8 Å². The summed E-state index contributed by atoms with van der Waals surface area (Å²) in [5, 5.41) is 5.32. The number of benzene rings is 2. The van der Waals surface area contributed by atoms with Gasteiger partial charge in [0.2, 0.25) is 0 Å². The zero-order valence-corrected chi connectivity index (χ0v) is 19.0. The molecule has 0 radical (unpaired) electrons. The number of carbonyl (C=O) groups excluding carboxylic acids is 1. The minimum atomic E-state index is -0.213. The van der Waals surface area contributed by atoms with Gasteiger partial charge in [0.1, 0.15) is 0 Å². The van der Waals surface area contributed by atoms with Crippen molar-refractivity contribution in [2.45, 2.75) is 26.7 Å². The van der Waals surface area contributed by atoms with Crippen molar-refractivity contribution in [2.24, 2.45) is 5.10 Å². The highest BCUT2D eigenvalue weighted by Crippen LogP contribution is 2.23. The van der Waals surface area contributed by atoms with Gasteiger partial charge in [-0.15, -0.1) is 0 Å². The fraction of sp³-hybridized carbons (Fsp3) is 0.222. The van der Waals surface area contributed by atoms with Crippen molar-refractivity contribution >= 4 is 28.7 Å². The number of carbonyl (C=O) groups is 1. The van der Waals surface area contributed by atoms with Crippen LogP contribution in [0.25, 0.3) is 16.6 Å². The highest BCUT2D eigenvalue weighted by Gasteiger charge is 2.13. The molecule has 0 aliphatic carbocycles. The second-order valence-corrected chi connectivity index (χ2v) is 8.48. The molecule has 166 valence electrons. The van der Waals surface area contributed by atoms with E-state index in [1.807, 2.05) is 36.4 Å². The first kappa shape index (κ1) is 20.9. The fourth-order valence-corrected chi connectivity index (χ4v) is 4.54. The van der Waals surface area contributed by atoms with Crippen LogP contribution in [0.1, 0.15) is 40.2 Å². The van der Waals surface area contributed by atoms with Gasteiger partial charge in [-0.25, -0.2) is 5.43 Å². The van der Waals surface area contributed by atoms with Crippen LogP contribution in [0.2, 0.25) is 0 Å². The van der Waals surface area contributed by atoms with Crippen LogP contribution in [-0.2, 0) is 0 Å². The molecule has 33 heavy (non-hydrogen) atoms. The van der Waals surface area contributed by atoms with Crippen LogP contribution in [0.15, 0.2) is 72.0 Å². The Morgan fingerprint density at radius 3 is 2.55 bits per heavy atom. The maximum atomic E-state index is 12.5. The Morgan fingerprint density at radius 1 is 1.00 bits per heavy atom. The van der Waals surface area contributed by atoms with Crippen molar-refractivity contribution in [1.82, 2.24) is 15.0 Å². The number of amides is 1. The smallest absolute Gasteiger partial charge is 0.271 e. The highest BCUT2D eigenvalue weighted by atomic mass is 16.2. The lowest BCUT2D eigenvalue weighted by molar-refractivity contribution is 0.0955. The Labute approximate surface area is 193 Å². The average molecular weight is 438 g/mol. The number of aromatic nitrogens is 2. The van der Waals surface area contributed by atoms with Crippen molar-refractivity contribution < 1.29 is 4.79 Å². The van der Waals surface area contributed by atoms with Gasteiger partial charge in [-0.3, -0.25) is 9.78 Å². The number of rotatable bonds is 5. The molecule has 3 heterocycles. The molecule has 2 aromatic heterocycles. The molecule has 0 spiro atoms. The van der Waals surface area contributed by atoms with E-state index in [9.17, 15) is 4.79 Å². The first-order valence-electron chi connectivity index (χ1n) is 11.3. The Bertz CT molecular complexity index is 1330. The standard InChI is InChI=1S/C27H27N5O/c1-19-16-23(20(2)32(19)25-11-12-26-22(17-25)6-5-13-28-26)18-29-30-27(33)21-7-9-24(10-8-21)31-14-3-4-15-31/h5-13,16-18H,3-4,14-15H2,1-2H3,(H,30,33)/b29-18-. The number of aryl methyl sites for hydroxylation is 1. The predicted molar refractivity (Wildman–Crippen MR) is 133 cm³/mol. The third-order valence-electron chi connectivity index (χ3n) is 6.29. The van der Waals surface area contributed by atoms with Crippen molar-refractivity contribution in [2.75, 3.05) is 18.0 Å². The summed E-state index contributed by atoms with van der Waals surface area (Å²) in [5.74, 6) is -0.213. The molecule has 1 fully saturated rings. The van der Waals surface area contributed by atoms with E-state index in [0.29, 0.717) is 5.56 Å². The molecule has 0 saturated carbocycles. The van der Waals surface area contributed by atoms with Crippen LogP contribution < -0.4 is 10.3 Å². The van der Waals surface area contributed by atoms with Crippen LogP contribution >= 0.6 is 0 Å². The third-order valence-corrected chi connectivity index (χ3v) is 6.29. The summed E-state index contributed by atoms with van der Waals surface area (Å²) in [6.07, 6.45) is 5.97. The molecule has 1 aliphatic rings. The maximum Gasteiger partial charge on any atom is 0.271 e.